The molecular weight excluding hydrogens is 386 g/mol. The number of hydrogen-bond acceptors (Lipinski definition) is 7. The fourth-order valence-corrected chi connectivity index (χ4v) is 3.38. The normalized spacial score (nSPS) is 14.6. The summed E-state index contributed by atoms with van der Waals surface area (Å²) in [5, 5.41) is 15.0. The van der Waals surface area contributed by atoms with Crippen molar-refractivity contribution >= 4 is 11.6 Å². The van der Waals surface area contributed by atoms with Gasteiger partial charge in [-0.15, -0.1) is 0 Å². The van der Waals surface area contributed by atoms with Crippen LogP contribution in [-0.2, 0) is 6.54 Å². The summed E-state index contributed by atoms with van der Waals surface area (Å²) in [6, 6.07) is 13.7. The second kappa shape index (κ2) is 8.42. The smallest absolute Gasteiger partial charge is 0.270 e. The molecule has 4 rings (SSSR count). The Balaban J connectivity index is 1.34. The van der Waals surface area contributed by atoms with Crippen LogP contribution in [0.5, 0.6) is 0 Å². The molecule has 0 unspecified atom stereocenters. The number of non-ortho nitro benzene ring substituents is 1. The number of aryl methyl sites for hydroxylation is 1. The number of carbonyl (C=O) groups is 1. The zero-order valence-electron chi connectivity index (χ0n) is 16.5. The van der Waals surface area contributed by atoms with Crippen LogP contribution >= 0.6 is 0 Å². The monoisotopic (exact) mass is 407 g/mol. The number of hydrogen-bond donors (Lipinski definition) is 0. The topological polar surface area (TPSA) is 106 Å². The molecule has 1 aliphatic heterocycles. The van der Waals surface area contributed by atoms with Gasteiger partial charge in [-0.2, -0.15) is 4.98 Å². The first-order valence-corrected chi connectivity index (χ1v) is 9.65. The van der Waals surface area contributed by atoms with Gasteiger partial charge in [-0.1, -0.05) is 28.9 Å². The summed E-state index contributed by atoms with van der Waals surface area (Å²) in [5.74, 6) is 0.896. The Kier molecular flexibility index (Phi) is 5.53. The number of aromatic nitrogens is 2. The molecule has 1 aliphatic rings. The van der Waals surface area contributed by atoms with Gasteiger partial charge in [0.1, 0.15) is 0 Å². The Bertz CT molecular complexity index is 1060. The van der Waals surface area contributed by atoms with Crippen molar-refractivity contribution < 1.29 is 14.2 Å². The number of rotatable bonds is 5. The lowest BCUT2D eigenvalue weighted by atomic mass is 10.1. The molecule has 9 nitrogen and oxygen atoms in total. The van der Waals surface area contributed by atoms with Gasteiger partial charge in [-0.25, -0.2) is 0 Å². The maximum Gasteiger partial charge on any atom is 0.270 e. The number of benzene rings is 2. The number of nitro benzene ring substituents is 1. The van der Waals surface area contributed by atoms with E-state index in [1.54, 1.807) is 11.0 Å². The fourth-order valence-electron chi connectivity index (χ4n) is 3.38. The molecule has 3 aromatic rings. The largest absolute Gasteiger partial charge is 0.336 e. The van der Waals surface area contributed by atoms with Crippen molar-refractivity contribution in [2.45, 2.75) is 13.5 Å². The molecule has 0 spiro atoms. The van der Waals surface area contributed by atoms with Crippen LogP contribution in [0.25, 0.3) is 11.5 Å². The van der Waals surface area contributed by atoms with Crippen molar-refractivity contribution in [3.63, 3.8) is 0 Å². The van der Waals surface area contributed by atoms with Gasteiger partial charge in [-0.05, 0) is 25.1 Å². The van der Waals surface area contributed by atoms with Crippen LogP contribution in [0.2, 0.25) is 0 Å². The Morgan fingerprint density at radius 2 is 1.87 bits per heavy atom. The van der Waals surface area contributed by atoms with Crippen LogP contribution < -0.4 is 0 Å². The van der Waals surface area contributed by atoms with E-state index in [4.69, 9.17) is 4.52 Å². The molecule has 1 aromatic heterocycles. The summed E-state index contributed by atoms with van der Waals surface area (Å²) in [4.78, 5) is 31.4. The van der Waals surface area contributed by atoms with E-state index in [0.29, 0.717) is 50.0 Å². The second-order valence-electron chi connectivity index (χ2n) is 7.26. The molecule has 0 bridgehead atoms. The number of amides is 1. The summed E-state index contributed by atoms with van der Waals surface area (Å²) in [6.07, 6.45) is 0. The van der Waals surface area contributed by atoms with Gasteiger partial charge in [0.25, 0.3) is 17.5 Å². The Morgan fingerprint density at radius 1 is 1.13 bits per heavy atom. The summed E-state index contributed by atoms with van der Waals surface area (Å²) in [5.41, 5.74) is 2.29. The molecule has 30 heavy (non-hydrogen) atoms. The van der Waals surface area contributed by atoms with E-state index in [1.165, 1.54) is 18.2 Å². The predicted molar refractivity (Wildman–Crippen MR) is 109 cm³/mol. The maximum absolute atomic E-state index is 12.7. The summed E-state index contributed by atoms with van der Waals surface area (Å²) >= 11 is 0. The molecular formula is C21H21N5O4. The Morgan fingerprint density at radius 3 is 2.57 bits per heavy atom. The van der Waals surface area contributed by atoms with Gasteiger partial charge in [0.15, 0.2) is 5.82 Å². The van der Waals surface area contributed by atoms with Crippen LogP contribution in [0.4, 0.5) is 5.69 Å². The van der Waals surface area contributed by atoms with E-state index in [0.717, 1.165) is 11.1 Å². The minimum absolute atomic E-state index is 0.0824. The average molecular weight is 407 g/mol. The second-order valence-corrected chi connectivity index (χ2v) is 7.26. The summed E-state index contributed by atoms with van der Waals surface area (Å²) < 4.78 is 5.37. The molecule has 0 atom stereocenters. The minimum atomic E-state index is -0.496. The van der Waals surface area contributed by atoms with E-state index < -0.39 is 4.92 Å². The highest BCUT2D eigenvalue weighted by atomic mass is 16.6. The average Bonchev–Trinajstić information content (AvgIpc) is 3.23. The van der Waals surface area contributed by atoms with E-state index in [-0.39, 0.29) is 11.6 Å². The van der Waals surface area contributed by atoms with Gasteiger partial charge in [0, 0.05) is 49.4 Å². The van der Waals surface area contributed by atoms with Gasteiger partial charge in [0.05, 0.1) is 11.5 Å². The third-order valence-electron chi connectivity index (χ3n) is 5.10. The molecule has 154 valence electrons. The Hall–Kier alpha value is -3.59. The van der Waals surface area contributed by atoms with Gasteiger partial charge in [0.2, 0.25) is 0 Å². The summed E-state index contributed by atoms with van der Waals surface area (Å²) in [7, 11) is 0. The molecule has 0 saturated carbocycles. The minimum Gasteiger partial charge on any atom is -0.336 e. The molecule has 0 aliphatic carbocycles. The zero-order chi connectivity index (χ0) is 21.1. The molecule has 1 saturated heterocycles. The summed E-state index contributed by atoms with van der Waals surface area (Å²) in [6.45, 7) is 4.94. The lowest BCUT2D eigenvalue weighted by Crippen LogP contribution is -2.48. The maximum atomic E-state index is 12.7. The van der Waals surface area contributed by atoms with Crippen LogP contribution in [0.3, 0.4) is 0 Å². The van der Waals surface area contributed by atoms with Crippen molar-refractivity contribution in [2.75, 3.05) is 26.2 Å². The molecule has 1 fully saturated rings. The van der Waals surface area contributed by atoms with E-state index in [1.807, 2.05) is 31.2 Å². The highest BCUT2D eigenvalue weighted by Crippen LogP contribution is 2.19. The van der Waals surface area contributed by atoms with Crippen molar-refractivity contribution in [1.82, 2.24) is 19.9 Å². The van der Waals surface area contributed by atoms with Gasteiger partial charge < -0.3 is 9.42 Å². The standard InChI is InChI=1S/C21H21N5O4/c1-15-5-7-16(8-6-15)20-22-19(23-30-20)14-24-9-11-25(12-10-24)21(27)17-3-2-4-18(13-17)26(28)29/h2-8,13H,9-12,14H2,1H3. The van der Waals surface area contributed by atoms with Crippen LogP contribution in [0.1, 0.15) is 21.7 Å². The Labute approximate surface area is 173 Å². The molecule has 1 amide bonds. The third-order valence-corrected chi connectivity index (χ3v) is 5.10. The van der Waals surface area contributed by atoms with Crippen molar-refractivity contribution in [3.05, 3.63) is 75.6 Å². The first-order valence-electron chi connectivity index (χ1n) is 9.65. The first-order chi connectivity index (χ1) is 14.5. The number of carbonyl (C=O) groups excluding carboxylic acids is 1. The van der Waals surface area contributed by atoms with E-state index in [2.05, 4.69) is 15.0 Å². The number of nitro groups is 1. The lowest BCUT2D eigenvalue weighted by Gasteiger charge is -2.34. The quantitative estimate of drug-likeness (QED) is 0.473. The SMILES string of the molecule is Cc1ccc(-c2nc(CN3CCN(C(=O)c4cccc([N+](=O)[O-])c4)CC3)no2)cc1. The van der Waals surface area contributed by atoms with Crippen LogP contribution in [-0.4, -0.2) is 56.9 Å². The predicted octanol–water partition coefficient (Wildman–Crippen LogP) is 2.91. The lowest BCUT2D eigenvalue weighted by molar-refractivity contribution is -0.384. The fraction of sp³-hybridized carbons (Fsp3) is 0.286. The first kappa shape index (κ1) is 19.7. The highest BCUT2D eigenvalue weighted by Gasteiger charge is 2.24. The molecule has 0 radical (unpaired) electrons. The highest BCUT2D eigenvalue weighted by molar-refractivity contribution is 5.94. The van der Waals surface area contributed by atoms with E-state index >= 15 is 0 Å². The molecule has 0 N–H and O–H groups in total. The third kappa shape index (κ3) is 4.36. The number of piperazine rings is 1. The zero-order valence-corrected chi connectivity index (χ0v) is 16.5. The van der Waals surface area contributed by atoms with Crippen molar-refractivity contribution in [3.8, 4) is 11.5 Å². The van der Waals surface area contributed by atoms with Crippen molar-refractivity contribution in [2.24, 2.45) is 0 Å². The van der Waals surface area contributed by atoms with Gasteiger partial charge in [-0.3, -0.25) is 19.8 Å². The van der Waals surface area contributed by atoms with Crippen LogP contribution in [0, 0.1) is 17.0 Å². The molecule has 9 heteroatoms. The number of nitrogens with zero attached hydrogens (tertiary/aromatic N) is 5. The molecule has 2 aromatic carbocycles. The van der Waals surface area contributed by atoms with Crippen molar-refractivity contribution in [1.29, 1.82) is 0 Å². The molecule has 2 heterocycles. The van der Waals surface area contributed by atoms with Gasteiger partial charge >= 0.3 is 0 Å². The van der Waals surface area contributed by atoms with E-state index in [9.17, 15) is 14.9 Å². The van der Waals surface area contributed by atoms with Crippen LogP contribution in [0.15, 0.2) is 53.1 Å².